The monoisotopic (exact) mass is 339 g/mol. The van der Waals surface area contributed by atoms with E-state index in [1.165, 1.54) is 0 Å². The van der Waals surface area contributed by atoms with Crippen molar-refractivity contribution in [1.29, 1.82) is 0 Å². The summed E-state index contributed by atoms with van der Waals surface area (Å²) in [6, 6.07) is 12.2. The fourth-order valence-corrected chi connectivity index (χ4v) is 3.39. The van der Waals surface area contributed by atoms with Gasteiger partial charge in [0, 0.05) is 19.0 Å². The van der Waals surface area contributed by atoms with Crippen molar-refractivity contribution in [2.45, 2.75) is 31.9 Å². The zero-order valence-corrected chi connectivity index (χ0v) is 14.2. The molecule has 2 aliphatic rings. The van der Waals surface area contributed by atoms with Gasteiger partial charge in [0.25, 0.3) is 0 Å². The van der Waals surface area contributed by atoms with Crippen LogP contribution in [0.2, 0.25) is 0 Å². The Morgan fingerprint density at radius 2 is 1.92 bits per heavy atom. The minimum absolute atomic E-state index is 0.0871. The zero-order valence-electron chi connectivity index (χ0n) is 14.2. The molecule has 1 saturated heterocycles. The second kappa shape index (κ2) is 6.39. The molecule has 1 unspecified atom stereocenters. The van der Waals surface area contributed by atoms with Gasteiger partial charge in [0.05, 0.1) is 13.0 Å². The molecular weight excluding hydrogens is 318 g/mol. The van der Waals surface area contributed by atoms with Crippen LogP contribution in [0.5, 0.6) is 5.75 Å². The number of amides is 1. The zero-order chi connectivity index (χ0) is 17.4. The molecule has 0 bridgehead atoms. The predicted molar refractivity (Wildman–Crippen MR) is 93.1 cm³/mol. The molecule has 1 atom stereocenters. The first-order valence-corrected chi connectivity index (χ1v) is 8.67. The third-order valence-corrected chi connectivity index (χ3v) is 4.97. The lowest BCUT2D eigenvalue weighted by molar-refractivity contribution is -0.149. The maximum Gasteiger partial charge on any atom is 0.311 e. The lowest BCUT2D eigenvalue weighted by atomic mass is 10.1. The van der Waals surface area contributed by atoms with Gasteiger partial charge in [0.2, 0.25) is 5.91 Å². The average molecular weight is 339 g/mol. The van der Waals surface area contributed by atoms with Crippen molar-refractivity contribution in [3.63, 3.8) is 0 Å². The molecule has 25 heavy (non-hydrogen) atoms. The van der Waals surface area contributed by atoms with E-state index < -0.39 is 0 Å². The summed E-state index contributed by atoms with van der Waals surface area (Å²) in [5, 5.41) is 2.15. The van der Waals surface area contributed by atoms with E-state index in [4.69, 9.17) is 9.47 Å². The van der Waals surface area contributed by atoms with Crippen LogP contribution < -0.4 is 4.74 Å². The number of methoxy groups -OCH3 is 1. The first-order valence-electron chi connectivity index (χ1n) is 8.67. The number of hydrogen-bond acceptors (Lipinski definition) is 4. The average Bonchev–Trinajstić information content (AvgIpc) is 3.40. The van der Waals surface area contributed by atoms with Crippen LogP contribution in [0.3, 0.4) is 0 Å². The third-order valence-electron chi connectivity index (χ3n) is 4.97. The van der Waals surface area contributed by atoms with Crippen LogP contribution in [0.4, 0.5) is 0 Å². The number of hydrogen-bond donors (Lipinski definition) is 0. The van der Waals surface area contributed by atoms with Crippen LogP contribution >= 0.6 is 0 Å². The topological polar surface area (TPSA) is 55.8 Å². The molecule has 4 rings (SSSR count). The van der Waals surface area contributed by atoms with E-state index in [0.717, 1.165) is 34.9 Å². The highest BCUT2D eigenvalue weighted by molar-refractivity contribution is 5.87. The number of likely N-dealkylation sites (tertiary alicyclic amines) is 1. The van der Waals surface area contributed by atoms with Crippen molar-refractivity contribution in [3.8, 4) is 5.75 Å². The van der Waals surface area contributed by atoms with Gasteiger partial charge < -0.3 is 14.4 Å². The summed E-state index contributed by atoms with van der Waals surface area (Å²) in [7, 11) is 1.65. The van der Waals surface area contributed by atoms with E-state index in [9.17, 15) is 9.59 Å². The smallest absolute Gasteiger partial charge is 0.311 e. The predicted octanol–water partition coefficient (Wildman–Crippen LogP) is 2.90. The van der Waals surface area contributed by atoms with Crippen molar-refractivity contribution in [1.82, 2.24) is 4.90 Å². The molecule has 1 aliphatic carbocycles. The molecule has 2 aromatic rings. The van der Waals surface area contributed by atoms with Crippen molar-refractivity contribution in [2.75, 3.05) is 13.7 Å². The number of carbonyl (C=O) groups excluding carboxylic acids is 2. The Kier molecular flexibility index (Phi) is 4.07. The number of ether oxygens (including phenoxy) is 2. The van der Waals surface area contributed by atoms with Crippen molar-refractivity contribution >= 4 is 22.6 Å². The Labute approximate surface area is 146 Å². The second-order valence-electron chi connectivity index (χ2n) is 6.83. The molecule has 1 amide bonds. The summed E-state index contributed by atoms with van der Waals surface area (Å²) >= 11 is 0. The summed E-state index contributed by atoms with van der Waals surface area (Å²) in [6.45, 7) is 0.745. The first-order chi connectivity index (χ1) is 12.1. The quantitative estimate of drug-likeness (QED) is 0.786. The fraction of sp³-hybridized carbons (Fsp3) is 0.400. The molecule has 5 heteroatoms. The Balaban J connectivity index is 1.38. The number of nitrogens with zero attached hydrogens (tertiary/aromatic N) is 1. The summed E-state index contributed by atoms with van der Waals surface area (Å²) in [5.74, 6) is 0.311. The highest BCUT2D eigenvalue weighted by atomic mass is 16.5. The lowest BCUT2D eigenvalue weighted by Gasteiger charge is -2.15. The van der Waals surface area contributed by atoms with Gasteiger partial charge >= 0.3 is 5.97 Å². The molecule has 0 N–H and O–H groups in total. The van der Waals surface area contributed by atoms with Crippen molar-refractivity contribution in [2.24, 2.45) is 5.92 Å². The van der Waals surface area contributed by atoms with Gasteiger partial charge in [-0.25, -0.2) is 0 Å². The minimum atomic E-state index is -0.321. The molecule has 1 saturated carbocycles. The Bertz CT molecular complexity index is 828. The van der Waals surface area contributed by atoms with E-state index in [1.807, 2.05) is 41.3 Å². The van der Waals surface area contributed by atoms with Crippen LogP contribution in [0.1, 0.15) is 24.8 Å². The molecule has 2 aromatic carbocycles. The van der Waals surface area contributed by atoms with Gasteiger partial charge in [-0.2, -0.15) is 0 Å². The van der Waals surface area contributed by atoms with Crippen LogP contribution in [-0.4, -0.2) is 36.5 Å². The molecule has 2 fully saturated rings. The maximum absolute atomic E-state index is 12.3. The highest BCUT2D eigenvalue weighted by Crippen LogP contribution is 2.33. The van der Waals surface area contributed by atoms with Gasteiger partial charge in [-0.3, -0.25) is 9.59 Å². The number of carbonyl (C=O) groups is 2. The van der Waals surface area contributed by atoms with Gasteiger partial charge in [-0.05, 0) is 47.4 Å². The summed E-state index contributed by atoms with van der Waals surface area (Å²) in [5.41, 5.74) is 0.939. The largest absolute Gasteiger partial charge is 0.497 e. The minimum Gasteiger partial charge on any atom is -0.497 e. The molecule has 0 radical (unpaired) electrons. The van der Waals surface area contributed by atoms with Crippen LogP contribution in [0, 0.1) is 5.92 Å². The SMILES string of the molecule is COc1ccc2cc(COC(=O)C3CC(=O)N(C4CC4)C3)ccc2c1. The number of rotatable bonds is 5. The molecule has 0 aromatic heterocycles. The third kappa shape index (κ3) is 3.31. The van der Waals surface area contributed by atoms with Crippen molar-refractivity contribution < 1.29 is 19.1 Å². The normalized spacial score (nSPS) is 20.1. The Morgan fingerprint density at radius 3 is 2.68 bits per heavy atom. The molecule has 1 aliphatic heterocycles. The highest BCUT2D eigenvalue weighted by Gasteiger charge is 2.42. The van der Waals surface area contributed by atoms with Crippen molar-refractivity contribution in [3.05, 3.63) is 42.0 Å². The molecular formula is C20H21NO4. The number of fused-ring (bicyclic) bond motifs is 1. The van der Waals surface area contributed by atoms with E-state index in [-0.39, 0.29) is 30.8 Å². The summed E-state index contributed by atoms with van der Waals surface area (Å²) in [6.07, 6.45) is 2.41. The maximum atomic E-state index is 12.3. The van der Waals surface area contributed by atoms with E-state index in [2.05, 4.69) is 0 Å². The Morgan fingerprint density at radius 1 is 1.16 bits per heavy atom. The second-order valence-corrected chi connectivity index (χ2v) is 6.83. The first kappa shape index (κ1) is 15.9. The molecule has 0 spiro atoms. The van der Waals surface area contributed by atoms with E-state index >= 15 is 0 Å². The van der Waals surface area contributed by atoms with Gasteiger partial charge in [-0.15, -0.1) is 0 Å². The van der Waals surface area contributed by atoms with Gasteiger partial charge in [-0.1, -0.05) is 18.2 Å². The Hall–Kier alpha value is -2.56. The fourth-order valence-electron chi connectivity index (χ4n) is 3.39. The van der Waals surface area contributed by atoms with Crippen LogP contribution in [0.15, 0.2) is 36.4 Å². The van der Waals surface area contributed by atoms with Crippen LogP contribution in [-0.2, 0) is 20.9 Å². The molecule has 1 heterocycles. The van der Waals surface area contributed by atoms with Crippen LogP contribution in [0.25, 0.3) is 10.8 Å². The number of esters is 1. The number of benzene rings is 2. The molecule has 5 nitrogen and oxygen atoms in total. The summed E-state index contributed by atoms with van der Waals surface area (Å²) < 4.78 is 10.7. The summed E-state index contributed by atoms with van der Waals surface area (Å²) in [4.78, 5) is 26.1. The van der Waals surface area contributed by atoms with Gasteiger partial charge in [0.15, 0.2) is 0 Å². The lowest BCUT2D eigenvalue weighted by Crippen LogP contribution is -2.28. The molecule has 130 valence electrons. The van der Waals surface area contributed by atoms with Gasteiger partial charge in [0.1, 0.15) is 12.4 Å². The van der Waals surface area contributed by atoms with E-state index in [0.29, 0.717) is 12.6 Å². The van der Waals surface area contributed by atoms with E-state index in [1.54, 1.807) is 7.11 Å². The standard InChI is InChI=1S/C20H21NO4/c1-24-18-7-4-14-8-13(2-3-15(14)9-18)12-25-20(23)16-10-19(22)21(11-16)17-5-6-17/h2-4,7-9,16-17H,5-6,10-12H2,1H3.